The highest BCUT2D eigenvalue weighted by atomic mass is 16.5. The van der Waals surface area contributed by atoms with Crippen molar-refractivity contribution in [1.29, 1.82) is 0 Å². The van der Waals surface area contributed by atoms with Gasteiger partial charge in [-0.3, -0.25) is 9.89 Å². The minimum Gasteiger partial charge on any atom is -0.497 e. The van der Waals surface area contributed by atoms with Gasteiger partial charge in [-0.05, 0) is 50.6 Å². The van der Waals surface area contributed by atoms with Gasteiger partial charge < -0.3 is 20.5 Å². The summed E-state index contributed by atoms with van der Waals surface area (Å²) in [5, 5.41) is 3.17. The van der Waals surface area contributed by atoms with Crippen LogP contribution in [0.3, 0.4) is 0 Å². The van der Waals surface area contributed by atoms with Gasteiger partial charge in [-0.2, -0.15) is 0 Å². The lowest BCUT2D eigenvalue weighted by Crippen LogP contribution is -2.41. The number of rotatable bonds is 8. The van der Waals surface area contributed by atoms with E-state index in [0.717, 1.165) is 18.8 Å². The predicted molar refractivity (Wildman–Crippen MR) is 102 cm³/mol. The van der Waals surface area contributed by atoms with Gasteiger partial charge in [-0.15, -0.1) is 0 Å². The molecule has 1 aromatic carbocycles. The third-order valence-corrected chi connectivity index (χ3v) is 4.58. The highest BCUT2D eigenvalue weighted by Gasteiger charge is 2.22. The zero-order valence-electron chi connectivity index (χ0n) is 15.7. The van der Waals surface area contributed by atoms with Crippen molar-refractivity contribution in [2.24, 2.45) is 10.7 Å². The van der Waals surface area contributed by atoms with Crippen molar-refractivity contribution in [3.8, 4) is 5.75 Å². The molecule has 2 atom stereocenters. The number of ether oxygens (including phenoxy) is 2. The Morgan fingerprint density at radius 2 is 1.88 bits per heavy atom. The molecule has 0 aliphatic carbocycles. The summed E-state index contributed by atoms with van der Waals surface area (Å²) in [7, 11) is 3.37. The number of nitrogens with one attached hydrogen (secondary N) is 1. The topological polar surface area (TPSA) is 72.1 Å². The van der Waals surface area contributed by atoms with Crippen LogP contribution in [0.1, 0.15) is 37.8 Å². The van der Waals surface area contributed by atoms with Gasteiger partial charge in [-0.25, -0.2) is 0 Å². The number of guanidine groups is 1. The second-order valence-corrected chi connectivity index (χ2v) is 6.61. The van der Waals surface area contributed by atoms with E-state index in [0.29, 0.717) is 19.1 Å². The Labute approximate surface area is 151 Å². The average molecular weight is 348 g/mol. The molecule has 1 saturated heterocycles. The molecule has 1 heterocycles. The van der Waals surface area contributed by atoms with E-state index < -0.39 is 0 Å². The number of methoxy groups -OCH3 is 2. The van der Waals surface area contributed by atoms with Gasteiger partial charge >= 0.3 is 0 Å². The maximum absolute atomic E-state index is 6.05. The summed E-state index contributed by atoms with van der Waals surface area (Å²) in [6, 6.07) is 8.67. The first kappa shape index (κ1) is 19.5. The molecule has 2 unspecified atom stereocenters. The predicted octanol–water partition coefficient (Wildman–Crippen LogP) is 2.16. The number of hydrogen-bond donors (Lipinski definition) is 2. The Kier molecular flexibility index (Phi) is 8.01. The van der Waals surface area contributed by atoms with E-state index in [2.05, 4.69) is 27.3 Å². The van der Waals surface area contributed by atoms with Crippen molar-refractivity contribution < 1.29 is 9.47 Å². The van der Waals surface area contributed by atoms with Crippen LogP contribution in [0.15, 0.2) is 29.3 Å². The Balaban J connectivity index is 2.08. The largest absolute Gasteiger partial charge is 0.497 e. The molecule has 140 valence electrons. The number of hydrogen-bond acceptors (Lipinski definition) is 4. The van der Waals surface area contributed by atoms with Crippen LogP contribution in [0.2, 0.25) is 0 Å². The fraction of sp³-hybridized carbons (Fsp3) is 0.632. The lowest BCUT2D eigenvalue weighted by atomic mass is 10.0. The summed E-state index contributed by atoms with van der Waals surface area (Å²) in [4.78, 5) is 7.11. The molecular weight excluding hydrogens is 316 g/mol. The zero-order valence-corrected chi connectivity index (χ0v) is 15.7. The molecule has 0 aromatic heterocycles. The first-order valence-electron chi connectivity index (χ1n) is 9.07. The van der Waals surface area contributed by atoms with Gasteiger partial charge in [0.15, 0.2) is 5.96 Å². The average Bonchev–Trinajstić information content (AvgIpc) is 2.63. The highest BCUT2D eigenvalue weighted by Crippen LogP contribution is 2.26. The molecule has 0 amide bonds. The number of nitrogens with two attached hydrogens (primary N) is 1. The van der Waals surface area contributed by atoms with Crippen molar-refractivity contribution in [3.05, 3.63) is 29.8 Å². The fourth-order valence-corrected chi connectivity index (χ4v) is 3.26. The molecule has 6 nitrogen and oxygen atoms in total. The summed E-state index contributed by atoms with van der Waals surface area (Å²) < 4.78 is 10.4. The van der Waals surface area contributed by atoms with Crippen LogP contribution < -0.4 is 15.8 Å². The number of benzene rings is 1. The van der Waals surface area contributed by atoms with Crippen molar-refractivity contribution in [2.75, 3.05) is 40.5 Å². The smallest absolute Gasteiger partial charge is 0.188 e. The molecule has 1 fully saturated rings. The van der Waals surface area contributed by atoms with E-state index in [1.54, 1.807) is 14.2 Å². The van der Waals surface area contributed by atoms with Crippen LogP contribution in [0.5, 0.6) is 5.75 Å². The Morgan fingerprint density at radius 1 is 1.20 bits per heavy atom. The van der Waals surface area contributed by atoms with Crippen LogP contribution in [0.4, 0.5) is 0 Å². The van der Waals surface area contributed by atoms with E-state index in [1.807, 2.05) is 19.1 Å². The summed E-state index contributed by atoms with van der Waals surface area (Å²) in [5.41, 5.74) is 7.31. The second-order valence-electron chi connectivity index (χ2n) is 6.61. The van der Waals surface area contributed by atoms with Crippen molar-refractivity contribution in [3.63, 3.8) is 0 Å². The normalized spacial score (nSPS) is 18.6. The Bertz CT molecular complexity index is 527. The summed E-state index contributed by atoms with van der Waals surface area (Å²) >= 11 is 0. The minimum absolute atomic E-state index is 0.142. The SMILES string of the molecule is COCC(C)NC(N)=NCC(c1ccc(OC)cc1)N1CCCCC1. The van der Waals surface area contributed by atoms with E-state index in [-0.39, 0.29) is 12.1 Å². The monoisotopic (exact) mass is 348 g/mol. The molecule has 6 heteroatoms. The van der Waals surface area contributed by atoms with Gasteiger partial charge in [-0.1, -0.05) is 18.6 Å². The molecule has 2 rings (SSSR count). The van der Waals surface area contributed by atoms with Crippen LogP contribution in [-0.2, 0) is 4.74 Å². The third kappa shape index (κ3) is 6.21. The molecule has 0 bridgehead atoms. The van der Waals surface area contributed by atoms with E-state index in [9.17, 15) is 0 Å². The third-order valence-electron chi connectivity index (χ3n) is 4.58. The van der Waals surface area contributed by atoms with E-state index in [1.165, 1.54) is 24.8 Å². The first-order chi connectivity index (χ1) is 12.1. The van der Waals surface area contributed by atoms with E-state index in [4.69, 9.17) is 15.2 Å². The standard InChI is InChI=1S/C19H32N4O2/c1-15(14-24-2)22-19(20)21-13-18(23-11-5-4-6-12-23)16-7-9-17(25-3)10-8-16/h7-10,15,18H,4-6,11-14H2,1-3H3,(H3,20,21,22). The minimum atomic E-state index is 0.142. The second kappa shape index (κ2) is 10.3. The molecular formula is C19H32N4O2. The number of aliphatic imine (C=N–C) groups is 1. The van der Waals surface area contributed by atoms with Crippen LogP contribution in [0, 0.1) is 0 Å². The molecule has 1 aliphatic heterocycles. The number of piperidine rings is 1. The van der Waals surface area contributed by atoms with Crippen LogP contribution in [0.25, 0.3) is 0 Å². The van der Waals surface area contributed by atoms with E-state index >= 15 is 0 Å². The summed E-state index contributed by atoms with van der Waals surface area (Å²) in [6.07, 6.45) is 3.80. The number of likely N-dealkylation sites (tertiary alicyclic amines) is 1. The van der Waals surface area contributed by atoms with Crippen LogP contribution >= 0.6 is 0 Å². The Morgan fingerprint density at radius 3 is 2.48 bits per heavy atom. The van der Waals surface area contributed by atoms with Crippen molar-refractivity contribution in [1.82, 2.24) is 10.2 Å². The fourth-order valence-electron chi connectivity index (χ4n) is 3.26. The molecule has 0 spiro atoms. The quantitative estimate of drug-likeness (QED) is 0.556. The van der Waals surface area contributed by atoms with Crippen LogP contribution in [-0.4, -0.2) is 57.4 Å². The van der Waals surface area contributed by atoms with Gasteiger partial charge in [0.05, 0.1) is 26.3 Å². The van der Waals surface area contributed by atoms with Crippen molar-refractivity contribution in [2.45, 2.75) is 38.3 Å². The van der Waals surface area contributed by atoms with Gasteiger partial charge in [0.25, 0.3) is 0 Å². The lowest BCUT2D eigenvalue weighted by Gasteiger charge is -2.34. The number of nitrogens with zero attached hydrogens (tertiary/aromatic N) is 2. The maximum atomic E-state index is 6.05. The molecule has 1 aliphatic rings. The molecule has 0 radical (unpaired) electrons. The molecule has 3 N–H and O–H groups in total. The Hall–Kier alpha value is -1.79. The van der Waals surface area contributed by atoms with Crippen molar-refractivity contribution >= 4 is 5.96 Å². The maximum Gasteiger partial charge on any atom is 0.188 e. The summed E-state index contributed by atoms with van der Waals surface area (Å²) in [6.45, 7) is 5.49. The first-order valence-corrected chi connectivity index (χ1v) is 9.07. The molecule has 0 saturated carbocycles. The van der Waals surface area contributed by atoms with Gasteiger partial charge in [0, 0.05) is 13.2 Å². The highest BCUT2D eigenvalue weighted by molar-refractivity contribution is 5.78. The molecule has 1 aromatic rings. The van der Waals surface area contributed by atoms with Gasteiger partial charge in [0.1, 0.15) is 5.75 Å². The zero-order chi connectivity index (χ0) is 18.1. The van der Waals surface area contributed by atoms with Gasteiger partial charge in [0.2, 0.25) is 0 Å². The summed E-state index contributed by atoms with van der Waals surface area (Å²) in [5.74, 6) is 1.35. The molecule has 25 heavy (non-hydrogen) atoms. The lowest BCUT2D eigenvalue weighted by molar-refractivity contribution is 0.167.